The van der Waals surface area contributed by atoms with Gasteiger partial charge in [-0.2, -0.15) is 0 Å². The van der Waals surface area contributed by atoms with Crippen LogP contribution >= 0.6 is 11.8 Å². The van der Waals surface area contributed by atoms with Crippen molar-refractivity contribution in [3.63, 3.8) is 0 Å². The first-order valence-electron chi connectivity index (χ1n) is 8.62. The van der Waals surface area contributed by atoms with Gasteiger partial charge in [-0.25, -0.2) is 9.38 Å². The van der Waals surface area contributed by atoms with E-state index >= 15 is 0 Å². The Hall–Kier alpha value is -2.93. The summed E-state index contributed by atoms with van der Waals surface area (Å²) in [6.45, 7) is 3.97. The number of amides is 1. The van der Waals surface area contributed by atoms with E-state index in [1.165, 1.54) is 40.9 Å². The van der Waals surface area contributed by atoms with Gasteiger partial charge in [-0.1, -0.05) is 17.8 Å². The summed E-state index contributed by atoms with van der Waals surface area (Å²) in [6, 6.07) is 12.5. The topological polar surface area (TPSA) is 59.0 Å². The van der Waals surface area contributed by atoms with E-state index < -0.39 is 5.25 Å². The molecule has 1 aliphatic heterocycles. The highest BCUT2D eigenvalue weighted by atomic mass is 32.2. The third kappa shape index (κ3) is 4.48. The molecule has 1 saturated heterocycles. The van der Waals surface area contributed by atoms with Crippen LogP contribution in [0.3, 0.4) is 0 Å². The SMILES string of the molecule is C=CCN1C(=O)C(CC(=O)c2ccc(OC)cc2)SC1=Nc1ccc(F)cc1. The summed E-state index contributed by atoms with van der Waals surface area (Å²) in [6.07, 6.45) is 1.66. The molecule has 0 bridgehead atoms. The summed E-state index contributed by atoms with van der Waals surface area (Å²) in [7, 11) is 1.56. The molecule has 1 atom stereocenters. The predicted octanol–water partition coefficient (Wildman–Crippen LogP) is 4.22. The average Bonchev–Trinajstić information content (AvgIpc) is 2.99. The predicted molar refractivity (Wildman–Crippen MR) is 109 cm³/mol. The molecular formula is C21H19FN2O3S. The van der Waals surface area contributed by atoms with Crippen molar-refractivity contribution in [1.29, 1.82) is 0 Å². The van der Waals surface area contributed by atoms with Gasteiger partial charge in [-0.15, -0.1) is 6.58 Å². The minimum absolute atomic E-state index is 0.0614. The Kier molecular flexibility index (Phi) is 6.26. The lowest BCUT2D eigenvalue weighted by atomic mass is 10.1. The monoisotopic (exact) mass is 398 g/mol. The Labute approximate surface area is 166 Å². The van der Waals surface area contributed by atoms with Crippen molar-refractivity contribution in [3.8, 4) is 5.75 Å². The van der Waals surface area contributed by atoms with E-state index in [2.05, 4.69) is 11.6 Å². The van der Waals surface area contributed by atoms with Crippen LogP contribution < -0.4 is 4.74 Å². The smallest absolute Gasteiger partial charge is 0.242 e. The molecule has 0 aromatic heterocycles. The van der Waals surface area contributed by atoms with Crippen molar-refractivity contribution < 1.29 is 18.7 Å². The van der Waals surface area contributed by atoms with Crippen molar-refractivity contribution in [2.45, 2.75) is 11.7 Å². The number of carbonyl (C=O) groups excluding carboxylic acids is 2. The second kappa shape index (κ2) is 8.84. The Morgan fingerprint density at radius 3 is 2.54 bits per heavy atom. The van der Waals surface area contributed by atoms with E-state index in [1.54, 1.807) is 37.5 Å². The summed E-state index contributed by atoms with van der Waals surface area (Å²) in [5.41, 5.74) is 1.06. The highest BCUT2D eigenvalue weighted by Crippen LogP contribution is 2.32. The van der Waals surface area contributed by atoms with Gasteiger partial charge in [0.2, 0.25) is 5.91 Å². The summed E-state index contributed by atoms with van der Waals surface area (Å²) in [5.74, 6) is -0.0125. The first-order valence-corrected chi connectivity index (χ1v) is 9.50. The van der Waals surface area contributed by atoms with Gasteiger partial charge in [0.1, 0.15) is 11.6 Å². The van der Waals surface area contributed by atoms with E-state index in [0.717, 1.165) is 0 Å². The van der Waals surface area contributed by atoms with Crippen LogP contribution in [0.5, 0.6) is 5.75 Å². The third-order valence-corrected chi connectivity index (χ3v) is 5.34. The molecule has 2 aromatic rings. The number of nitrogens with zero attached hydrogens (tertiary/aromatic N) is 2. The minimum atomic E-state index is -0.561. The van der Waals surface area contributed by atoms with Crippen LogP contribution in [0.25, 0.3) is 0 Å². The molecule has 1 fully saturated rings. The summed E-state index contributed by atoms with van der Waals surface area (Å²) in [4.78, 5) is 31.3. The number of carbonyl (C=O) groups is 2. The fourth-order valence-corrected chi connectivity index (χ4v) is 3.88. The number of hydrogen-bond donors (Lipinski definition) is 0. The molecule has 1 aliphatic rings. The Morgan fingerprint density at radius 2 is 1.93 bits per heavy atom. The van der Waals surface area contributed by atoms with Crippen LogP contribution in [0.1, 0.15) is 16.8 Å². The Balaban J connectivity index is 1.78. The van der Waals surface area contributed by atoms with Crippen molar-refractivity contribution >= 4 is 34.3 Å². The zero-order valence-corrected chi connectivity index (χ0v) is 16.1. The summed E-state index contributed by atoms with van der Waals surface area (Å²) < 4.78 is 18.2. The number of rotatable bonds is 7. The third-order valence-electron chi connectivity index (χ3n) is 4.17. The zero-order valence-electron chi connectivity index (χ0n) is 15.3. The van der Waals surface area contributed by atoms with Gasteiger partial charge < -0.3 is 4.74 Å². The molecule has 0 aliphatic carbocycles. The first-order chi connectivity index (χ1) is 13.5. The van der Waals surface area contributed by atoms with Crippen molar-refractivity contribution in [2.24, 2.45) is 4.99 Å². The second-order valence-electron chi connectivity index (χ2n) is 6.07. The summed E-state index contributed by atoms with van der Waals surface area (Å²) in [5, 5.41) is -0.0854. The molecule has 0 radical (unpaired) electrons. The van der Waals surface area contributed by atoms with Gasteiger partial charge in [-0.3, -0.25) is 14.5 Å². The molecule has 7 heteroatoms. The Morgan fingerprint density at radius 1 is 1.25 bits per heavy atom. The lowest BCUT2D eigenvalue weighted by Crippen LogP contribution is -2.32. The van der Waals surface area contributed by atoms with E-state index in [0.29, 0.717) is 28.7 Å². The van der Waals surface area contributed by atoms with Crippen molar-refractivity contribution in [2.75, 3.05) is 13.7 Å². The maximum absolute atomic E-state index is 13.1. The van der Waals surface area contributed by atoms with Crippen LogP contribution in [0.4, 0.5) is 10.1 Å². The molecule has 3 rings (SSSR count). The molecule has 0 spiro atoms. The van der Waals surface area contributed by atoms with Gasteiger partial charge in [-0.05, 0) is 48.5 Å². The van der Waals surface area contributed by atoms with E-state index in [1.807, 2.05) is 0 Å². The zero-order chi connectivity index (χ0) is 20.1. The molecule has 0 N–H and O–H groups in total. The molecule has 5 nitrogen and oxygen atoms in total. The van der Waals surface area contributed by atoms with Crippen LogP contribution in [-0.2, 0) is 4.79 Å². The van der Waals surface area contributed by atoms with Gasteiger partial charge >= 0.3 is 0 Å². The molecule has 144 valence electrons. The lowest BCUT2D eigenvalue weighted by Gasteiger charge is -2.13. The number of ketones is 1. The highest BCUT2D eigenvalue weighted by Gasteiger charge is 2.38. The summed E-state index contributed by atoms with van der Waals surface area (Å²) >= 11 is 1.24. The second-order valence-corrected chi connectivity index (χ2v) is 7.24. The maximum atomic E-state index is 13.1. The number of aliphatic imine (C=N–C) groups is 1. The normalized spacial score (nSPS) is 17.8. The van der Waals surface area contributed by atoms with Crippen molar-refractivity contribution in [3.05, 3.63) is 72.6 Å². The number of thioether (sulfide) groups is 1. The molecule has 28 heavy (non-hydrogen) atoms. The quantitative estimate of drug-likeness (QED) is 0.517. The fourth-order valence-electron chi connectivity index (χ4n) is 2.71. The van der Waals surface area contributed by atoms with Gasteiger partial charge in [0.05, 0.1) is 18.0 Å². The average molecular weight is 398 g/mol. The molecule has 1 unspecified atom stereocenters. The number of methoxy groups -OCH3 is 1. The number of hydrogen-bond acceptors (Lipinski definition) is 5. The number of amidine groups is 1. The van der Waals surface area contributed by atoms with Gasteiger partial charge in [0.25, 0.3) is 0 Å². The standard InChI is InChI=1S/C21H19FN2O3S/c1-3-12-24-20(26)19(13-18(25)14-4-10-17(27-2)11-5-14)28-21(24)23-16-8-6-15(22)7-9-16/h3-11,19H,1,12-13H2,2H3. The molecule has 1 amide bonds. The number of Topliss-reactive ketones (excluding diaryl/α,β-unsaturated/α-hetero) is 1. The number of ether oxygens (including phenoxy) is 1. The fraction of sp³-hybridized carbons (Fsp3) is 0.190. The van der Waals surface area contributed by atoms with E-state index in [4.69, 9.17) is 4.74 Å². The number of halogens is 1. The van der Waals surface area contributed by atoms with Gasteiger partial charge in [0.15, 0.2) is 11.0 Å². The van der Waals surface area contributed by atoms with Crippen LogP contribution in [-0.4, -0.2) is 40.7 Å². The van der Waals surface area contributed by atoms with E-state index in [-0.39, 0.29) is 23.9 Å². The largest absolute Gasteiger partial charge is 0.497 e. The lowest BCUT2D eigenvalue weighted by molar-refractivity contribution is -0.125. The van der Waals surface area contributed by atoms with Crippen molar-refractivity contribution in [1.82, 2.24) is 4.90 Å². The van der Waals surface area contributed by atoms with Crippen LogP contribution in [0.2, 0.25) is 0 Å². The molecular weight excluding hydrogens is 379 g/mol. The highest BCUT2D eigenvalue weighted by molar-refractivity contribution is 8.15. The van der Waals surface area contributed by atoms with Gasteiger partial charge in [0, 0.05) is 18.5 Å². The van der Waals surface area contributed by atoms with Crippen LogP contribution in [0, 0.1) is 5.82 Å². The number of benzene rings is 2. The molecule has 0 saturated carbocycles. The Bertz CT molecular complexity index is 910. The minimum Gasteiger partial charge on any atom is -0.497 e. The molecule has 1 heterocycles. The first kappa shape index (κ1) is 19.8. The molecule has 2 aromatic carbocycles. The maximum Gasteiger partial charge on any atom is 0.242 e. The van der Waals surface area contributed by atoms with E-state index in [9.17, 15) is 14.0 Å². The van der Waals surface area contributed by atoms with Crippen LogP contribution in [0.15, 0.2) is 66.2 Å².